The molecule has 0 aliphatic rings. The standard InChI is InChI=1S/C13H26N2O3/c1-12(2,3)10(16)18-9-7-8-14-11(17)15-13(4,5)6/h7-9H2,1-6H3,(H2,14,15,17). The highest BCUT2D eigenvalue weighted by molar-refractivity contribution is 5.75. The summed E-state index contributed by atoms with van der Waals surface area (Å²) in [6.07, 6.45) is 0.610. The molecule has 0 heterocycles. The van der Waals surface area contributed by atoms with Gasteiger partial charge in [-0.3, -0.25) is 4.79 Å². The van der Waals surface area contributed by atoms with E-state index in [1.807, 2.05) is 41.5 Å². The topological polar surface area (TPSA) is 67.4 Å². The van der Waals surface area contributed by atoms with Crippen LogP contribution in [-0.2, 0) is 9.53 Å². The number of hydrogen-bond acceptors (Lipinski definition) is 3. The molecule has 0 fully saturated rings. The minimum Gasteiger partial charge on any atom is -0.465 e. The van der Waals surface area contributed by atoms with Gasteiger partial charge in [0.1, 0.15) is 0 Å². The fourth-order valence-electron chi connectivity index (χ4n) is 1.04. The number of amides is 2. The molecule has 2 amide bonds. The lowest BCUT2D eigenvalue weighted by molar-refractivity contribution is -0.152. The van der Waals surface area contributed by atoms with Crippen molar-refractivity contribution in [3.8, 4) is 0 Å². The van der Waals surface area contributed by atoms with Gasteiger partial charge < -0.3 is 15.4 Å². The van der Waals surface area contributed by atoms with Crippen LogP contribution in [0, 0.1) is 5.41 Å². The first-order valence-corrected chi connectivity index (χ1v) is 6.25. The van der Waals surface area contributed by atoms with Gasteiger partial charge in [-0.25, -0.2) is 4.79 Å². The van der Waals surface area contributed by atoms with Gasteiger partial charge in [0.25, 0.3) is 0 Å². The Morgan fingerprint density at radius 1 is 1.06 bits per heavy atom. The summed E-state index contributed by atoms with van der Waals surface area (Å²) in [5, 5.41) is 5.50. The van der Waals surface area contributed by atoms with Crippen molar-refractivity contribution in [1.82, 2.24) is 10.6 Å². The van der Waals surface area contributed by atoms with Crippen LogP contribution < -0.4 is 10.6 Å². The number of urea groups is 1. The van der Waals surface area contributed by atoms with E-state index >= 15 is 0 Å². The van der Waals surface area contributed by atoms with E-state index in [9.17, 15) is 9.59 Å². The normalized spacial score (nSPS) is 11.9. The summed E-state index contributed by atoms with van der Waals surface area (Å²) >= 11 is 0. The van der Waals surface area contributed by atoms with Crippen molar-refractivity contribution in [2.45, 2.75) is 53.5 Å². The number of esters is 1. The van der Waals surface area contributed by atoms with E-state index in [1.165, 1.54) is 0 Å². The van der Waals surface area contributed by atoms with Crippen LogP contribution in [-0.4, -0.2) is 30.7 Å². The Balaban J connectivity index is 3.64. The lowest BCUT2D eigenvalue weighted by atomic mass is 9.97. The van der Waals surface area contributed by atoms with Gasteiger partial charge in [0.05, 0.1) is 12.0 Å². The minimum atomic E-state index is -0.475. The van der Waals surface area contributed by atoms with Crippen LogP contribution in [0.25, 0.3) is 0 Å². The maximum Gasteiger partial charge on any atom is 0.315 e. The molecule has 0 aromatic rings. The summed E-state index contributed by atoms with van der Waals surface area (Å²) in [4.78, 5) is 22.8. The van der Waals surface area contributed by atoms with Gasteiger partial charge in [-0.2, -0.15) is 0 Å². The van der Waals surface area contributed by atoms with Crippen LogP contribution in [0.2, 0.25) is 0 Å². The summed E-state index contributed by atoms with van der Waals surface area (Å²) in [6.45, 7) is 12.0. The smallest absolute Gasteiger partial charge is 0.315 e. The average Bonchev–Trinajstić information content (AvgIpc) is 2.12. The Bertz CT molecular complexity index is 288. The SMILES string of the molecule is CC(C)(C)NC(=O)NCCCOC(=O)C(C)(C)C. The van der Waals surface area contributed by atoms with Crippen molar-refractivity contribution < 1.29 is 14.3 Å². The predicted molar refractivity (Wildman–Crippen MR) is 71.3 cm³/mol. The molecule has 0 saturated carbocycles. The van der Waals surface area contributed by atoms with Crippen LogP contribution in [0.3, 0.4) is 0 Å². The molecular weight excluding hydrogens is 232 g/mol. The van der Waals surface area contributed by atoms with Crippen molar-refractivity contribution in [3.63, 3.8) is 0 Å². The van der Waals surface area contributed by atoms with Crippen molar-refractivity contribution in [2.75, 3.05) is 13.2 Å². The Kier molecular flexibility index (Phi) is 6.15. The van der Waals surface area contributed by atoms with Crippen LogP contribution in [0.15, 0.2) is 0 Å². The second kappa shape index (κ2) is 6.61. The number of carbonyl (C=O) groups excluding carboxylic acids is 2. The third-order valence-corrected chi connectivity index (χ3v) is 1.94. The van der Waals surface area contributed by atoms with Crippen molar-refractivity contribution >= 4 is 12.0 Å². The van der Waals surface area contributed by atoms with E-state index in [0.29, 0.717) is 19.6 Å². The van der Waals surface area contributed by atoms with Crippen molar-refractivity contribution in [2.24, 2.45) is 5.41 Å². The van der Waals surface area contributed by atoms with Gasteiger partial charge in [0, 0.05) is 12.1 Å². The highest BCUT2D eigenvalue weighted by Crippen LogP contribution is 2.14. The summed E-state index contributed by atoms with van der Waals surface area (Å²) in [5.41, 5.74) is -0.722. The van der Waals surface area contributed by atoms with E-state index < -0.39 is 5.41 Å². The molecule has 0 aromatic carbocycles. The van der Waals surface area contributed by atoms with Gasteiger partial charge in [-0.15, -0.1) is 0 Å². The highest BCUT2D eigenvalue weighted by atomic mass is 16.5. The molecule has 2 N–H and O–H groups in total. The number of ether oxygens (including phenoxy) is 1. The quantitative estimate of drug-likeness (QED) is 0.599. The first-order valence-electron chi connectivity index (χ1n) is 6.25. The number of hydrogen-bond donors (Lipinski definition) is 2. The first kappa shape index (κ1) is 16.7. The Hall–Kier alpha value is -1.26. The average molecular weight is 258 g/mol. The van der Waals surface area contributed by atoms with E-state index in [4.69, 9.17) is 4.74 Å². The van der Waals surface area contributed by atoms with Crippen LogP contribution in [0.4, 0.5) is 4.79 Å². The van der Waals surface area contributed by atoms with Gasteiger partial charge in [-0.05, 0) is 48.0 Å². The van der Waals surface area contributed by atoms with Gasteiger partial charge in [0.15, 0.2) is 0 Å². The zero-order valence-corrected chi connectivity index (χ0v) is 12.3. The minimum absolute atomic E-state index is 0.204. The molecule has 0 bridgehead atoms. The van der Waals surface area contributed by atoms with E-state index in [2.05, 4.69) is 10.6 Å². The molecule has 0 aliphatic carbocycles. The monoisotopic (exact) mass is 258 g/mol. The molecule has 0 spiro atoms. The Morgan fingerprint density at radius 3 is 2.06 bits per heavy atom. The lowest BCUT2D eigenvalue weighted by Gasteiger charge is -2.21. The third kappa shape index (κ3) is 8.84. The van der Waals surface area contributed by atoms with Crippen molar-refractivity contribution in [3.05, 3.63) is 0 Å². The van der Waals surface area contributed by atoms with Gasteiger partial charge in [-0.1, -0.05) is 0 Å². The molecule has 0 rings (SSSR count). The molecule has 5 heteroatoms. The number of carbonyl (C=O) groups is 2. The fraction of sp³-hybridized carbons (Fsp3) is 0.846. The zero-order chi connectivity index (χ0) is 14.4. The maximum atomic E-state index is 11.4. The van der Waals surface area contributed by atoms with Crippen LogP contribution in [0.5, 0.6) is 0 Å². The van der Waals surface area contributed by atoms with Gasteiger partial charge >= 0.3 is 12.0 Å². The molecule has 106 valence electrons. The highest BCUT2D eigenvalue weighted by Gasteiger charge is 2.22. The molecule has 18 heavy (non-hydrogen) atoms. The lowest BCUT2D eigenvalue weighted by Crippen LogP contribution is -2.46. The second-order valence-corrected chi connectivity index (χ2v) is 6.37. The van der Waals surface area contributed by atoms with Crippen LogP contribution >= 0.6 is 0 Å². The Morgan fingerprint density at radius 2 is 1.61 bits per heavy atom. The molecular formula is C13H26N2O3. The summed E-state index contributed by atoms with van der Waals surface area (Å²) in [6, 6.07) is -0.204. The molecule has 0 atom stereocenters. The predicted octanol–water partition coefficient (Wildman–Crippen LogP) is 2.06. The second-order valence-electron chi connectivity index (χ2n) is 6.37. The third-order valence-electron chi connectivity index (χ3n) is 1.94. The van der Waals surface area contributed by atoms with Crippen molar-refractivity contribution in [1.29, 1.82) is 0 Å². The van der Waals surface area contributed by atoms with Crippen LogP contribution in [0.1, 0.15) is 48.0 Å². The van der Waals surface area contributed by atoms with E-state index in [0.717, 1.165) is 0 Å². The summed E-state index contributed by atoms with van der Waals surface area (Å²) < 4.78 is 5.08. The summed E-state index contributed by atoms with van der Waals surface area (Å²) in [7, 11) is 0. The molecule has 0 unspecified atom stereocenters. The first-order chi connectivity index (χ1) is 8.02. The fourth-order valence-corrected chi connectivity index (χ4v) is 1.04. The molecule has 5 nitrogen and oxygen atoms in total. The number of nitrogens with one attached hydrogen (secondary N) is 2. The van der Waals surface area contributed by atoms with E-state index in [1.54, 1.807) is 0 Å². The number of rotatable bonds is 4. The molecule has 0 saturated heterocycles. The van der Waals surface area contributed by atoms with E-state index in [-0.39, 0.29) is 17.5 Å². The molecule has 0 radical (unpaired) electrons. The summed E-state index contributed by atoms with van der Waals surface area (Å²) in [5.74, 6) is -0.221. The maximum absolute atomic E-state index is 11.4. The molecule has 0 aliphatic heterocycles. The zero-order valence-electron chi connectivity index (χ0n) is 12.3. The van der Waals surface area contributed by atoms with Gasteiger partial charge in [0.2, 0.25) is 0 Å². The largest absolute Gasteiger partial charge is 0.465 e. The Labute approximate surface area is 110 Å². The molecule has 0 aromatic heterocycles.